The monoisotopic (exact) mass is 264 g/mol. The summed E-state index contributed by atoms with van der Waals surface area (Å²) in [4.78, 5) is 11.6. The number of carbonyl (C=O) groups is 1. The van der Waals surface area contributed by atoms with Gasteiger partial charge in [-0.2, -0.15) is 0 Å². The van der Waals surface area contributed by atoms with Crippen molar-refractivity contribution in [3.63, 3.8) is 0 Å². The predicted molar refractivity (Wildman–Crippen MR) is 77.0 cm³/mol. The second kappa shape index (κ2) is 7.79. The second-order valence-corrected chi connectivity index (χ2v) is 5.48. The lowest BCUT2D eigenvalue weighted by atomic mass is 9.90. The van der Waals surface area contributed by atoms with E-state index >= 15 is 0 Å². The van der Waals surface area contributed by atoms with Gasteiger partial charge in [0, 0.05) is 19.7 Å². The van der Waals surface area contributed by atoms with Gasteiger partial charge in [-0.25, -0.2) is 4.79 Å². The summed E-state index contributed by atoms with van der Waals surface area (Å²) < 4.78 is 0. The molecule has 0 atom stereocenters. The molecule has 1 aromatic carbocycles. The number of amides is 2. The summed E-state index contributed by atoms with van der Waals surface area (Å²) in [5.74, 6) is 0. The van der Waals surface area contributed by atoms with Crippen LogP contribution in [0.3, 0.4) is 0 Å². The van der Waals surface area contributed by atoms with Gasteiger partial charge in [0.2, 0.25) is 0 Å². The molecule has 1 aromatic rings. The Kier molecular flexibility index (Phi) is 6.36. The van der Waals surface area contributed by atoms with E-state index in [0.29, 0.717) is 19.5 Å². The fraction of sp³-hybridized carbons (Fsp3) is 0.533. The van der Waals surface area contributed by atoms with E-state index in [1.165, 1.54) is 5.56 Å². The first-order valence-corrected chi connectivity index (χ1v) is 6.70. The second-order valence-electron chi connectivity index (χ2n) is 5.48. The van der Waals surface area contributed by atoms with Crippen LogP contribution in [0.25, 0.3) is 0 Å². The van der Waals surface area contributed by atoms with Crippen molar-refractivity contribution in [2.75, 3.05) is 19.7 Å². The van der Waals surface area contributed by atoms with Crippen molar-refractivity contribution in [1.82, 2.24) is 10.6 Å². The highest BCUT2D eigenvalue weighted by molar-refractivity contribution is 5.73. The molecule has 0 unspecified atom stereocenters. The molecule has 4 nitrogen and oxygen atoms in total. The first kappa shape index (κ1) is 15.5. The maximum absolute atomic E-state index is 11.6. The third-order valence-electron chi connectivity index (χ3n) is 3.06. The maximum atomic E-state index is 11.6. The molecule has 2 amide bonds. The molecular weight excluding hydrogens is 240 g/mol. The number of nitrogens with one attached hydrogen (secondary N) is 2. The van der Waals surface area contributed by atoms with Crippen LogP contribution in [0.15, 0.2) is 30.3 Å². The molecule has 0 radical (unpaired) electrons. The van der Waals surface area contributed by atoms with Crippen LogP contribution in [-0.2, 0) is 6.42 Å². The molecule has 0 saturated carbocycles. The van der Waals surface area contributed by atoms with Gasteiger partial charge in [0.1, 0.15) is 0 Å². The molecule has 0 saturated heterocycles. The molecule has 0 aliphatic carbocycles. The Labute approximate surface area is 115 Å². The third kappa shape index (κ3) is 6.82. The Morgan fingerprint density at radius 2 is 1.89 bits per heavy atom. The van der Waals surface area contributed by atoms with E-state index in [9.17, 15) is 4.79 Å². The summed E-state index contributed by atoms with van der Waals surface area (Å²) in [6.07, 6.45) is 1.51. The quantitative estimate of drug-likeness (QED) is 0.705. The van der Waals surface area contributed by atoms with Crippen molar-refractivity contribution in [3.8, 4) is 0 Å². The molecular formula is C15H24N2O2. The lowest BCUT2D eigenvalue weighted by Crippen LogP contribution is -2.41. The van der Waals surface area contributed by atoms with Crippen molar-refractivity contribution in [2.45, 2.75) is 26.7 Å². The van der Waals surface area contributed by atoms with Gasteiger partial charge >= 0.3 is 6.03 Å². The Morgan fingerprint density at radius 3 is 2.53 bits per heavy atom. The first-order chi connectivity index (χ1) is 9.03. The smallest absolute Gasteiger partial charge is 0.314 e. The standard InChI is InChI=1S/C15H24N2O2/c1-15(2,9-11-18)12-17-14(19)16-10-8-13-6-4-3-5-7-13/h3-7,18H,8-12H2,1-2H3,(H2,16,17,19). The minimum Gasteiger partial charge on any atom is -0.396 e. The van der Waals surface area contributed by atoms with Crippen molar-refractivity contribution >= 4 is 6.03 Å². The average Bonchev–Trinajstić information content (AvgIpc) is 2.38. The van der Waals surface area contributed by atoms with Gasteiger partial charge in [0.25, 0.3) is 0 Å². The van der Waals surface area contributed by atoms with Gasteiger partial charge in [-0.05, 0) is 23.8 Å². The summed E-state index contributed by atoms with van der Waals surface area (Å²) in [5, 5.41) is 14.6. The largest absolute Gasteiger partial charge is 0.396 e. The lowest BCUT2D eigenvalue weighted by molar-refractivity contribution is 0.201. The van der Waals surface area contributed by atoms with Crippen LogP contribution in [0.4, 0.5) is 4.79 Å². The van der Waals surface area contributed by atoms with Gasteiger partial charge in [0.05, 0.1) is 0 Å². The van der Waals surface area contributed by atoms with Crippen molar-refractivity contribution in [2.24, 2.45) is 5.41 Å². The van der Waals surface area contributed by atoms with Gasteiger partial charge in [0.15, 0.2) is 0 Å². The molecule has 0 fully saturated rings. The fourth-order valence-electron chi connectivity index (χ4n) is 1.74. The Balaban J connectivity index is 2.18. The minimum absolute atomic E-state index is 0.0779. The van der Waals surface area contributed by atoms with Crippen LogP contribution >= 0.6 is 0 Å². The highest BCUT2D eigenvalue weighted by Gasteiger charge is 2.17. The summed E-state index contributed by atoms with van der Waals surface area (Å²) >= 11 is 0. The molecule has 4 heteroatoms. The molecule has 0 aliphatic heterocycles. The highest BCUT2D eigenvalue weighted by Crippen LogP contribution is 2.17. The van der Waals surface area contributed by atoms with Gasteiger partial charge in [-0.3, -0.25) is 0 Å². The number of rotatable bonds is 7. The molecule has 3 N–H and O–H groups in total. The number of hydrogen-bond acceptors (Lipinski definition) is 2. The molecule has 1 rings (SSSR count). The third-order valence-corrected chi connectivity index (χ3v) is 3.06. The van der Waals surface area contributed by atoms with Crippen LogP contribution in [-0.4, -0.2) is 30.8 Å². The number of carbonyl (C=O) groups excluding carboxylic acids is 1. The van der Waals surface area contributed by atoms with E-state index in [0.717, 1.165) is 6.42 Å². The Hall–Kier alpha value is -1.55. The summed E-state index contributed by atoms with van der Waals surface area (Å²) in [6.45, 7) is 5.37. The number of hydrogen-bond donors (Lipinski definition) is 3. The van der Waals surface area contributed by atoms with Crippen LogP contribution in [0.5, 0.6) is 0 Å². The fourth-order valence-corrected chi connectivity index (χ4v) is 1.74. The SMILES string of the molecule is CC(C)(CCO)CNC(=O)NCCc1ccccc1. The molecule has 0 aliphatic rings. The topological polar surface area (TPSA) is 61.4 Å². The number of benzene rings is 1. The van der Waals surface area contributed by atoms with Crippen LogP contribution < -0.4 is 10.6 Å². The number of aliphatic hydroxyl groups is 1. The van der Waals surface area contributed by atoms with Gasteiger partial charge in [-0.1, -0.05) is 44.2 Å². The first-order valence-electron chi connectivity index (χ1n) is 6.70. The Morgan fingerprint density at radius 1 is 1.21 bits per heavy atom. The molecule has 0 bridgehead atoms. The molecule has 0 spiro atoms. The number of urea groups is 1. The number of aliphatic hydroxyl groups excluding tert-OH is 1. The van der Waals surface area contributed by atoms with E-state index in [1.807, 2.05) is 44.2 Å². The van der Waals surface area contributed by atoms with E-state index in [-0.39, 0.29) is 18.1 Å². The maximum Gasteiger partial charge on any atom is 0.314 e. The molecule has 106 valence electrons. The van der Waals surface area contributed by atoms with Crippen molar-refractivity contribution in [3.05, 3.63) is 35.9 Å². The highest BCUT2D eigenvalue weighted by atomic mass is 16.3. The minimum atomic E-state index is -0.151. The zero-order valence-corrected chi connectivity index (χ0v) is 11.8. The molecule has 0 heterocycles. The van der Waals surface area contributed by atoms with E-state index in [4.69, 9.17) is 5.11 Å². The van der Waals surface area contributed by atoms with E-state index in [2.05, 4.69) is 10.6 Å². The molecule has 19 heavy (non-hydrogen) atoms. The van der Waals surface area contributed by atoms with Gasteiger partial charge in [-0.15, -0.1) is 0 Å². The zero-order valence-electron chi connectivity index (χ0n) is 11.8. The average molecular weight is 264 g/mol. The summed E-state index contributed by atoms with van der Waals surface area (Å²) in [7, 11) is 0. The van der Waals surface area contributed by atoms with Crippen molar-refractivity contribution in [1.29, 1.82) is 0 Å². The van der Waals surface area contributed by atoms with E-state index < -0.39 is 0 Å². The van der Waals surface area contributed by atoms with Gasteiger partial charge < -0.3 is 15.7 Å². The van der Waals surface area contributed by atoms with Crippen LogP contribution in [0, 0.1) is 5.41 Å². The van der Waals surface area contributed by atoms with Crippen LogP contribution in [0.2, 0.25) is 0 Å². The lowest BCUT2D eigenvalue weighted by Gasteiger charge is -2.23. The Bertz CT molecular complexity index is 377. The van der Waals surface area contributed by atoms with Crippen LogP contribution in [0.1, 0.15) is 25.8 Å². The normalized spacial score (nSPS) is 11.1. The summed E-state index contributed by atoms with van der Waals surface area (Å²) in [6, 6.07) is 9.90. The zero-order chi connectivity index (χ0) is 14.1. The van der Waals surface area contributed by atoms with E-state index in [1.54, 1.807) is 0 Å². The predicted octanol–water partition coefficient (Wildman–Crippen LogP) is 1.94. The van der Waals surface area contributed by atoms with Crippen molar-refractivity contribution < 1.29 is 9.90 Å². The summed E-state index contributed by atoms with van der Waals surface area (Å²) in [5.41, 5.74) is 1.13. The molecule has 0 aromatic heterocycles.